The van der Waals surface area contributed by atoms with Gasteiger partial charge in [-0.15, -0.1) is 6.42 Å². The summed E-state index contributed by atoms with van der Waals surface area (Å²) in [6, 6.07) is 0. The van der Waals surface area contributed by atoms with Crippen LogP contribution in [0, 0.1) is 12.3 Å². The van der Waals surface area contributed by atoms with Crippen LogP contribution in [0.1, 0.15) is 18.5 Å². The molecule has 4 nitrogen and oxygen atoms in total. The molecule has 1 heterocycles. The quantitative estimate of drug-likeness (QED) is 0.573. The number of oxazole rings is 1. The fourth-order valence-electron chi connectivity index (χ4n) is 0.536. The molecule has 0 saturated carbocycles. The van der Waals surface area contributed by atoms with E-state index in [0.717, 1.165) is 12.1 Å². The van der Waals surface area contributed by atoms with E-state index in [1.54, 1.807) is 6.26 Å². The highest BCUT2D eigenvalue weighted by Gasteiger charge is 1.95. The first-order valence-electron chi connectivity index (χ1n) is 3.18. The molecule has 0 N–H and O–H groups in total. The number of terminal acetylenes is 1. The third-order valence-corrected chi connectivity index (χ3v) is 1.04. The van der Waals surface area contributed by atoms with Crippen molar-refractivity contribution < 1.29 is 14.0 Å². The Bertz CT molecular complexity index is 302. The van der Waals surface area contributed by atoms with Crippen molar-refractivity contribution in [2.45, 2.75) is 13.3 Å². The third kappa shape index (κ3) is 3.35. The molecule has 0 aliphatic rings. The standard InChI is InChI=1S/C7H7NO.CO2/c1-3-6-5-9-7(4-2)8-6;2-1-3/h2,5H,3H2,1H3;. The van der Waals surface area contributed by atoms with E-state index in [0.29, 0.717) is 5.89 Å². The maximum absolute atomic E-state index is 8.12. The summed E-state index contributed by atoms with van der Waals surface area (Å²) < 4.78 is 4.86. The molecule has 0 radical (unpaired) electrons. The van der Waals surface area contributed by atoms with Crippen LogP contribution in [0.4, 0.5) is 0 Å². The smallest absolute Gasteiger partial charge is 0.373 e. The Hall–Kier alpha value is -1.85. The van der Waals surface area contributed by atoms with E-state index in [4.69, 9.17) is 20.4 Å². The van der Waals surface area contributed by atoms with Crippen molar-refractivity contribution in [1.82, 2.24) is 4.98 Å². The average Bonchev–Trinajstić information content (AvgIpc) is 2.53. The first-order valence-corrected chi connectivity index (χ1v) is 3.18. The molecule has 0 bridgehead atoms. The Morgan fingerprint density at radius 1 is 1.67 bits per heavy atom. The van der Waals surface area contributed by atoms with Gasteiger partial charge >= 0.3 is 6.15 Å². The molecule has 1 aromatic heterocycles. The van der Waals surface area contributed by atoms with Crippen LogP contribution in [0.25, 0.3) is 0 Å². The maximum atomic E-state index is 8.12. The van der Waals surface area contributed by atoms with Crippen molar-refractivity contribution in [2.75, 3.05) is 0 Å². The zero-order valence-corrected chi connectivity index (χ0v) is 6.53. The summed E-state index contributed by atoms with van der Waals surface area (Å²) in [4.78, 5) is 20.2. The van der Waals surface area contributed by atoms with Gasteiger partial charge in [-0.1, -0.05) is 6.92 Å². The number of rotatable bonds is 1. The molecule has 4 heteroatoms. The van der Waals surface area contributed by atoms with E-state index in [1.807, 2.05) is 6.92 Å². The second-order valence-electron chi connectivity index (χ2n) is 1.73. The lowest BCUT2D eigenvalue weighted by Gasteiger charge is -1.76. The summed E-state index contributed by atoms with van der Waals surface area (Å²) in [6.07, 6.45) is 7.71. The predicted octanol–water partition coefficient (Wildman–Crippen LogP) is 0.635. The number of hydrogen-bond donors (Lipinski definition) is 0. The highest BCUT2D eigenvalue weighted by atomic mass is 16.3. The molecular formula is C8H7NO3. The molecule has 1 rings (SSSR count). The molecule has 0 aliphatic heterocycles. The molecule has 12 heavy (non-hydrogen) atoms. The zero-order valence-electron chi connectivity index (χ0n) is 6.53. The minimum absolute atomic E-state index is 0.250. The summed E-state index contributed by atoms with van der Waals surface area (Å²) in [5.41, 5.74) is 0.906. The average molecular weight is 165 g/mol. The Morgan fingerprint density at radius 2 is 2.25 bits per heavy atom. The van der Waals surface area contributed by atoms with Crippen LogP contribution in [0.5, 0.6) is 0 Å². The first kappa shape index (κ1) is 10.2. The molecule has 0 spiro atoms. The maximum Gasteiger partial charge on any atom is 0.373 e. The van der Waals surface area contributed by atoms with Crippen LogP contribution >= 0.6 is 0 Å². The van der Waals surface area contributed by atoms with Crippen molar-refractivity contribution in [1.29, 1.82) is 0 Å². The van der Waals surface area contributed by atoms with Gasteiger partial charge in [0.05, 0.1) is 5.69 Å². The predicted molar refractivity (Wildman–Crippen MR) is 38.8 cm³/mol. The summed E-state index contributed by atoms with van der Waals surface area (Å²) in [7, 11) is 0. The largest absolute Gasteiger partial charge is 0.438 e. The monoisotopic (exact) mass is 165 g/mol. The van der Waals surface area contributed by atoms with Gasteiger partial charge in [-0.3, -0.25) is 0 Å². The van der Waals surface area contributed by atoms with Crippen molar-refractivity contribution in [3.05, 3.63) is 17.8 Å². The van der Waals surface area contributed by atoms with Gasteiger partial charge in [-0.25, -0.2) is 4.98 Å². The molecule has 0 fully saturated rings. The number of hydrogen-bond acceptors (Lipinski definition) is 4. The lowest BCUT2D eigenvalue weighted by molar-refractivity contribution is -0.191. The highest BCUT2D eigenvalue weighted by Crippen LogP contribution is 1.99. The van der Waals surface area contributed by atoms with Crippen molar-refractivity contribution in [2.24, 2.45) is 0 Å². The normalized spacial score (nSPS) is 7.33. The second-order valence-corrected chi connectivity index (χ2v) is 1.73. The lowest BCUT2D eigenvalue weighted by Crippen LogP contribution is -1.77. The van der Waals surface area contributed by atoms with Gasteiger partial charge in [0.1, 0.15) is 6.26 Å². The molecule has 0 saturated heterocycles. The van der Waals surface area contributed by atoms with E-state index >= 15 is 0 Å². The number of aryl methyl sites for hydroxylation is 1. The zero-order chi connectivity index (χ0) is 9.40. The fraction of sp³-hybridized carbons (Fsp3) is 0.250. The van der Waals surface area contributed by atoms with Gasteiger partial charge in [0, 0.05) is 0 Å². The van der Waals surface area contributed by atoms with Crippen LogP contribution in [0.2, 0.25) is 0 Å². The van der Waals surface area contributed by atoms with Crippen LogP contribution in [-0.4, -0.2) is 11.1 Å². The molecule has 0 atom stereocenters. The summed E-state index contributed by atoms with van der Waals surface area (Å²) in [6.45, 7) is 2.00. The van der Waals surface area contributed by atoms with Gasteiger partial charge in [-0.2, -0.15) is 9.59 Å². The van der Waals surface area contributed by atoms with E-state index in [-0.39, 0.29) is 6.15 Å². The van der Waals surface area contributed by atoms with Gasteiger partial charge in [0.25, 0.3) is 5.89 Å². The number of aromatic nitrogens is 1. The summed E-state index contributed by atoms with van der Waals surface area (Å²) in [5, 5.41) is 0. The Kier molecular flexibility index (Phi) is 4.99. The molecule has 0 aromatic carbocycles. The van der Waals surface area contributed by atoms with Gasteiger partial charge in [0.15, 0.2) is 0 Å². The summed E-state index contributed by atoms with van der Waals surface area (Å²) in [5.74, 6) is 2.67. The Morgan fingerprint density at radius 3 is 2.50 bits per heavy atom. The minimum Gasteiger partial charge on any atom is -0.438 e. The van der Waals surface area contributed by atoms with Gasteiger partial charge < -0.3 is 4.42 Å². The lowest BCUT2D eigenvalue weighted by atomic mass is 10.4. The highest BCUT2D eigenvalue weighted by molar-refractivity contribution is 5.20. The van der Waals surface area contributed by atoms with Crippen molar-refractivity contribution in [3.8, 4) is 12.3 Å². The van der Waals surface area contributed by atoms with E-state index in [2.05, 4.69) is 10.9 Å². The molecular weight excluding hydrogens is 158 g/mol. The first-order chi connectivity index (χ1) is 5.78. The summed E-state index contributed by atoms with van der Waals surface area (Å²) >= 11 is 0. The van der Waals surface area contributed by atoms with Crippen LogP contribution < -0.4 is 0 Å². The van der Waals surface area contributed by atoms with Crippen LogP contribution in [0.3, 0.4) is 0 Å². The van der Waals surface area contributed by atoms with Crippen molar-refractivity contribution in [3.63, 3.8) is 0 Å². The molecule has 1 aromatic rings. The van der Waals surface area contributed by atoms with Gasteiger partial charge in [-0.05, 0) is 12.3 Å². The SMILES string of the molecule is C#Cc1nc(CC)co1.O=C=O. The van der Waals surface area contributed by atoms with E-state index in [1.165, 1.54) is 0 Å². The van der Waals surface area contributed by atoms with Gasteiger partial charge in [0.2, 0.25) is 0 Å². The third-order valence-electron chi connectivity index (χ3n) is 1.04. The molecule has 62 valence electrons. The topological polar surface area (TPSA) is 60.2 Å². The fourth-order valence-corrected chi connectivity index (χ4v) is 0.536. The molecule has 0 amide bonds. The van der Waals surface area contributed by atoms with Crippen LogP contribution in [0.15, 0.2) is 10.7 Å². The Balaban J connectivity index is 0.000000354. The van der Waals surface area contributed by atoms with E-state index in [9.17, 15) is 0 Å². The van der Waals surface area contributed by atoms with Crippen LogP contribution in [-0.2, 0) is 16.0 Å². The van der Waals surface area contributed by atoms with Crippen molar-refractivity contribution >= 4 is 6.15 Å². The minimum atomic E-state index is 0.250. The number of carbonyl (C=O) groups excluding carboxylic acids is 2. The Labute approximate surface area is 69.6 Å². The van der Waals surface area contributed by atoms with E-state index < -0.39 is 0 Å². The molecule has 0 aliphatic carbocycles. The number of nitrogens with zero attached hydrogens (tertiary/aromatic N) is 1. The molecule has 0 unspecified atom stereocenters. The second kappa shape index (κ2) is 5.90.